The molecule has 5 aliphatic heterocycles. The van der Waals surface area contributed by atoms with Crippen LogP contribution in [0.15, 0.2) is 90.2 Å². The molecule has 0 spiro atoms. The highest BCUT2D eigenvalue weighted by atomic mass is 35.5. The van der Waals surface area contributed by atoms with Crippen LogP contribution in [0.4, 0.5) is 23.0 Å². The number of fused-ring (bicyclic) bond motifs is 4. The molecule has 3 fully saturated rings. The van der Waals surface area contributed by atoms with E-state index in [1.54, 1.807) is 6.08 Å². The zero-order valence-corrected chi connectivity index (χ0v) is 50.1. The Morgan fingerprint density at radius 3 is 2.10 bits per heavy atom. The maximum atomic E-state index is 13.1. The smallest absolute Gasteiger partial charge is 0.318 e. The second-order valence-electron chi connectivity index (χ2n) is 22.8. The second-order valence-corrected chi connectivity index (χ2v) is 27.8. The maximum absolute atomic E-state index is 13.1. The molecule has 11 rings (SSSR count). The van der Waals surface area contributed by atoms with Gasteiger partial charge in [-0.2, -0.15) is 19.9 Å². The molecule has 3 saturated heterocycles. The van der Waals surface area contributed by atoms with Crippen molar-refractivity contribution < 1.29 is 26.3 Å². The van der Waals surface area contributed by atoms with Crippen molar-refractivity contribution in [3.63, 3.8) is 0 Å². The van der Waals surface area contributed by atoms with E-state index in [1.165, 1.54) is 11.0 Å². The number of hydrogen-bond acceptors (Lipinski definition) is 17. The summed E-state index contributed by atoms with van der Waals surface area (Å²) >= 11 is 14.1. The Morgan fingerprint density at radius 1 is 0.716 bits per heavy atom. The quantitative estimate of drug-likeness (QED) is 0.0760. The molecule has 0 bridgehead atoms. The van der Waals surface area contributed by atoms with Gasteiger partial charge >= 0.3 is 12.0 Å². The fourth-order valence-electron chi connectivity index (χ4n) is 12.6. The highest BCUT2D eigenvalue weighted by Crippen LogP contribution is 2.43. The van der Waals surface area contributed by atoms with Crippen LogP contribution in [0.1, 0.15) is 59.7 Å². The number of hydrogen-bond donors (Lipinski definition) is 0. The predicted octanol–water partition coefficient (Wildman–Crippen LogP) is 8.41. The third-order valence-electron chi connectivity index (χ3n) is 17.2. The minimum Gasteiger partial charge on any atom is -0.462 e. The Bertz CT molecular complexity index is 3600. The summed E-state index contributed by atoms with van der Waals surface area (Å²) in [6.07, 6.45) is 6.47. The summed E-state index contributed by atoms with van der Waals surface area (Å²) in [6.45, 7) is 10.3. The number of likely N-dealkylation sites (N-methyl/N-ethyl adjacent to an activating group) is 3. The van der Waals surface area contributed by atoms with Gasteiger partial charge in [-0.1, -0.05) is 78.3 Å². The standard InChI is InChI=1S/C60H73Cl2N11O6S2/c1-7-81(76,77)44-22-27-73(35-44)58-48-24-29-71(53-18-9-14-40-13-8-17-49(61)55(40)53)37-52(48)64-60(66-58)79-39-43-33-41(34-70(43)6)45-20-21-50(62)56-46(45)16-10-19-54(56)72-28-23-47-51(36-72)63-59(78-38-42-15-11-26-68(42)4)65-57(47)69(5)30-32-80(74,75)31-12-25-67(2)3/h7-10,12-14,16-21,31,41-44H,1,11,15,22-30,32-39H2,2-6H3/b31-12+/t41?,42-,43-,44?/m0/s1. The van der Waals surface area contributed by atoms with Gasteiger partial charge in [-0.3, -0.25) is 4.90 Å². The van der Waals surface area contributed by atoms with Gasteiger partial charge in [0.2, 0.25) is 0 Å². The third kappa shape index (κ3) is 12.2. The van der Waals surface area contributed by atoms with Gasteiger partial charge in [0.1, 0.15) is 24.8 Å². The lowest BCUT2D eigenvalue weighted by Crippen LogP contribution is -2.35. The Balaban J connectivity index is 0.832. The topological polar surface area (TPSA) is 161 Å². The molecule has 430 valence electrons. The average Bonchev–Trinajstić information content (AvgIpc) is 4.35. The Labute approximate surface area is 487 Å². The van der Waals surface area contributed by atoms with Crippen LogP contribution in [0.3, 0.4) is 0 Å². The summed E-state index contributed by atoms with van der Waals surface area (Å²) in [4.78, 5) is 35.5. The van der Waals surface area contributed by atoms with Crippen LogP contribution in [0.5, 0.6) is 12.0 Å². The molecule has 2 aromatic heterocycles. The summed E-state index contributed by atoms with van der Waals surface area (Å²) in [5.41, 5.74) is 6.97. The van der Waals surface area contributed by atoms with E-state index < -0.39 is 24.9 Å². The fraction of sp³-hybridized carbons (Fsp3) is 0.467. The highest BCUT2D eigenvalue weighted by molar-refractivity contribution is 7.95. The van der Waals surface area contributed by atoms with Gasteiger partial charge in [-0.15, -0.1) is 0 Å². The molecular weight excluding hydrogens is 1110 g/mol. The molecule has 2 unspecified atom stereocenters. The second kappa shape index (κ2) is 23.8. The zero-order chi connectivity index (χ0) is 56.7. The molecule has 17 nitrogen and oxygen atoms in total. The molecule has 0 radical (unpaired) electrons. The van der Waals surface area contributed by atoms with E-state index >= 15 is 0 Å². The molecule has 81 heavy (non-hydrogen) atoms. The highest BCUT2D eigenvalue weighted by Gasteiger charge is 2.37. The van der Waals surface area contributed by atoms with Crippen molar-refractivity contribution in [1.82, 2.24) is 34.6 Å². The van der Waals surface area contributed by atoms with Crippen LogP contribution in [-0.2, 0) is 45.6 Å². The number of sulfone groups is 2. The largest absolute Gasteiger partial charge is 0.462 e. The van der Waals surface area contributed by atoms with E-state index in [2.05, 4.69) is 93.7 Å². The molecule has 5 aliphatic rings. The summed E-state index contributed by atoms with van der Waals surface area (Å²) < 4.78 is 65.3. The van der Waals surface area contributed by atoms with Gasteiger partial charge in [0, 0.05) is 109 Å². The van der Waals surface area contributed by atoms with Crippen LogP contribution in [0.25, 0.3) is 21.5 Å². The van der Waals surface area contributed by atoms with Crippen LogP contribution >= 0.6 is 23.2 Å². The number of nitrogens with zero attached hydrogens (tertiary/aromatic N) is 11. The Kier molecular flexibility index (Phi) is 16.8. The fourth-order valence-corrected chi connectivity index (χ4v) is 15.3. The predicted molar refractivity (Wildman–Crippen MR) is 326 cm³/mol. The summed E-state index contributed by atoms with van der Waals surface area (Å²) in [5.74, 6) is 1.55. The van der Waals surface area contributed by atoms with Gasteiger partial charge in [0.25, 0.3) is 0 Å². The molecule has 21 heteroatoms. The van der Waals surface area contributed by atoms with Gasteiger partial charge in [0.05, 0.1) is 45.5 Å². The summed E-state index contributed by atoms with van der Waals surface area (Å²) in [6, 6.07) is 23.7. The van der Waals surface area contributed by atoms with E-state index in [0.717, 1.165) is 99.0 Å². The van der Waals surface area contributed by atoms with Gasteiger partial charge < -0.3 is 38.9 Å². The van der Waals surface area contributed by atoms with E-state index in [9.17, 15) is 16.8 Å². The lowest BCUT2D eigenvalue weighted by atomic mass is 9.90. The van der Waals surface area contributed by atoms with E-state index in [1.807, 2.05) is 49.1 Å². The molecule has 0 aliphatic carbocycles. The molecule has 6 aromatic rings. The number of likely N-dealkylation sites (tertiary alicyclic amines) is 2. The van der Waals surface area contributed by atoms with E-state index in [0.29, 0.717) is 100 Å². The average molecular weight is 1180 g/mol. The first-order valence-corrected chi connectivity index (χ1v) is 32.2. The zero-order valence-electron chi connectivity index (χ0n) is 47.0. The number of benzene rings is 4. The first-order chi connectivity index (χ1) is 38.9. The monoisotopic (exact) mass is 1180 g/mol. The maximum Gasteiger partial charge on any atom is 0.318 e. The minimum atomic E-state index is -3.47. The summed E-state index contributed by atoms with van der Waals surface area (Å²) in [5, 5.41) is 7.34. The molecule has 0 saturated carbocycles. The van der Waals surface area contributed by atoms with Crippen molar-refractivity contribution in [1.29, 1.82) is 0 Å². The third-order valence-corrected chi connectivity index (χ3v) is 20.9. The summed E-state index contributed by atoms with van der Waals surface area (Å²) in [7, 11) is 3.04. The van der Waals surface area contributed by atoms with Crippen LogP contribution < -0.4 is 29.1 Å². The minimum absolute atomic E-state index is 0.0472. The lowest BCUT2D eigenvalue weighted by Gasteiger charge is -2.33. The van der Waals surface area contributed by atoms with Gasteiger partial charge in [-0.05, 0) is 120 Å². The molecule has 7 heterocycles. The normalized spacial score (nSPS) is 21.0. The first-order valence-electron chi connectivity index (χ1n) is 28.1. The SMILES string of the molecule is C=CS(=O)(=O)C1CCN(c2nc(OC[C@@H]3CC(c4ccc(Cl)c5c(N6CCc7c(nc(OC[C@@H]8CCCN8C)nc7N(C)CCS(=O)(=O)/C=C/CN(C)C)C6)cccc45)CN3C)nc3c2CCN(c2cccc4cccc(Cl)c24)C3)C1. The van der Waals surface area contributed by atoms with Gasteiger partial charge in [0.15, 0.2) is 19.7 Å². The number of ether oxygens (including phenoxy) is 2. The Morgan fingerprint density at radius 2 is 1.38 bits per heavy atom. The van der Waals surface area contributed by atoms with Crippen molar-refractivity contribution in [3.05, 3.63) is 128 Å². The van der Waals surface area contributed by atoms with E-state index in [-0.39, 0.29) is 36.3 Å². The first kappa shape index (κ1) is 57.0. The van der Waals surface area contributed by atoms with Crippen molar-refractivity contribution in [3.8, 4) is 12.0 Å². The van der Waals surface area contributed by atoms with Gasteiger partial charge in [-0.25, -0.2) is 16.8 Å². The van der Waals surface area contributed by atoms with Crippen LogP contribution in [0, 0.1) is 0 Å². The Hall–Kier alpha value is -5.80. The van der Waals surface area contributed by atoms with Crippen molar-refractivity contribution in [2.75, 3.05) is 126 Å². The molecular formula is C60H73Cl2N11O6S2. The molecule has 0 amide bonds. The number of anilines is 4. The molecule has 4 atom stereocenters. The molecule has 4 aromatic carbocycles. The van der Waals surface area contributed by atoms with E-state index in [4.69, 9.17) is 52.6 Å². The van der Waals surface area contributed by atoms with Crippen molar-refractivity contribution in [2.24, 2.45) is 0 Å². The molecule has 0 N–H and O–H groups in total. The van der Waals surface area contributed by atoms with Crippen molar-refractivity contribution >= 4 is 87.4 Å². The lowest BCUT2D eigenvalue weighted by molar-refractivity contribution is 0.187. The number of rotatable bonds is 19. The van der Waals surface area contributed by atoms with Crippen LogP contribution in [-0.4, -0.2) is 175 Å². The van der Waals surface area contributed by atoms with Crippen molar-refractivity contribution in [2.45, 2.75) is 74.9 Å². The number of halogens is 2. The van der Waals surface area contributed by atoms with Crippen LogP contribution in [0.2, 0.25) is 10.0 Å². The number of aromatic nitrogens is 4.